The van der Waals surface area contributed by atoms with E-state index < -0.39 is 0 Å². The molecule has 2 aliphatic rings. The minimum absolute atomic E-state index is 0.0971. The molecule has 0 unspecified atom stereocenters. The molecule has 1 spiro atoms. The molecular formula is C19H20N2O. The van der Waals surface area contributed by atoms with Crippen LogP contribution in [-0.2, 0) is 4.79 Å². The Morgan fingerprint density at radius 3 is 2.64 bits per heavy atom. The van der Waals surface area contributed by atoms with E-state index in [0.717, 1.165) is 17.7 Å². The molecule has 0 saturated heterocycles. The Kier molecular flexibility index (Phi) is 3.03. The van der Waals surface area contributed by atoms with Gasteiger partial charge in [-0.1, -0.05) is 42.8 Å². The molecule has 3 nitrogen and oxygen atoms in total. The van der Waals surface area contributed by atoms with Gasteiger partial charge in [-0.05, 0) is 54.0 Å². The van der Waals surface area contributed by atoms with E-state index in [1.54, 1.807) is 0 Å². The third-order valence-corrected chi connectivity index (χ3v) is 5.36. The Labute approximate surface area is 130 Å². The summed E-state index contributed by atoms with van der Waals surface area (Å²) in [5, 5.41) is 6.71. The van der Waals surface area contributed by atoms with Crippen molar-refractivity contribution in [1.82, 2.24) is 5.43 Å². The lowest BCUT2D eigenvalue weighted by molar-refractivity contribution is -0.123. The molecule has 2 fully saturated rings. The SMILES string of the molecule is C/C(=N/NC(=O)[C@@H]1CC12CCC2)c1ccc2ccccc2c1. The van der Waals surface area contributed by atoms with Crippen molar-refractivity contribution in [1.29, 1.82) is 0 Å². The first-order chi connectivity index (χ1) is 10.7. The average molecular weight is 292 g/mol. The van der Waals surface area contributed by atoms with Gasteiger partial charge in [0.2, 0.25) is 5.91 Å². The molecule has 3 heteroatoms. The second-order valence-corrected chi connectivity index (χ2v) is 6.71. The molecule has 2 aliphatic carbocycles. The van der Waals surface area contributed by atoms with Crippen LogP contribution in [0.25, 0.3) is 10.8 Å². The van der Waals surface area contributed by atoms with Crippen molar-refractivity contribution in [3.05, 3.63) is 48.0 Å². The number of hydrazone groups is 1. The average Bonchev–Trinajstić information content (AvgIpc) is 3.28. The van der Waals surface area contributed by atoms with Crippen LogP contribution in [0.4, 0.5) is 0 Å². The third kappa shape index (κ3) is 2.21. The summed E-state index contributed by atoms with van der Waals surface area (Å²) >= 11 is 0. The monoisotopic (exact) mass is 292 g/mol. The Morgan fingerprint density at radius 2 is 1.95 bits per heavy atom. The molecule has 22 heavy (non-hydrogen) atoms. The standard InChI is InChI=1S/C19H20N2O/c1-13(15-8-7-14-5-2-3-6-16(14)11-15)20-21-18(22)17-12-19(17)9-4-10-19/h2-3,5-8,11,17H,4,9-10,12H2,1H3,(H,21,22)/b20-13-/t17-/m0/s1. The van der Waals surface area contributed by atoms with Crippen molar-refractivity contribution in [3.8, 4) is 0 Å². The number of nitrogens with one attached hydrogen (secondary N) is 1. The minimum atomic E-state index is 0.0971. The third-order valence-electron chi connectivity index (χ3n) is 5.36. The maximum absolute atomic E-state index is 12.1. The summed E-state index contributed by atoms with van der Waals surface area (Å²) in [6, 6.07) is 14.5. The summed E-state index contributed by atoms with van der Waals surface area (Å²) in [5.74, 6) is 0.300. The van der Waals surface area contributed by atoms with Gasteiger partial charge >= 0.3 is 0 Å². The van der Waals surface area contributed by atoms with Gasteiger partial charge in [-0.25, -0.2) is 5.43 Å². The summed E-state index contributed by atoms with van der Waals surface area (Å²) < 4.78 is 0. The molecule has 0 heterocycles. The molecule has 0 aromatic heterocycles. The van der Waals surface area contributed by atoms with Gasteiger partial charge in [0, 0.05) is 5.92 Å². The number of hydrogen-bond acceptors (Lipinski definition) is 2. The maximum atomic E-state index is 12.1. The Morgan fingerprint density at radius 1 is 1.18 bits per heavy atom. The van der Waals surface area contributed by atoms with Gasteiger partial charge in [0.1, 0.15) is 0 Å². The second kappa shape index (κ2) is 4.94. The first-order valence-corrected chi connectivity index (χ1v) is 8.01. The predicted molar refractivity (Wildman–Crippen MR) is 88.7 cm³/mol. The van der Waals surface area contributed by atoms with Crippen LogP contribution in [0, 0.1) is 11.3 Å². The number of nitrogens with zero attached hydrogens (tertiary/aromatic N) is 1. The smallest absolute Gasteiger partial charge is 0.243 e. The van der Waals surface area contributed by atoms with E-state index in [1.807, 2.05) is 19.1 Å². The highest BCUT2D eigenvalue weighted by Crippen LogP contribution is 2.65. The van der Waals surface area contributed by atoms with Crippen molar-refractivity contribution in [2.24, 2.45) is 16.4 Å². The van der Waals surface area contributed by atoms with Crippen LogP contribution in [0.3, 0.4) is 0 Å². The van der Waals surface area contributed by atoms with E-state index in [0.29, 0.717) is 5.41 Å². The molecule has 1 N–H and O–H groups in total. The largest absolute Gasteiger partial charge is 0.273 e. The summed E-state index contributed by atoms with van der Waals surface area (Å²) in [6.07, 6.45) is 4.78. The Balaban J connectivity index is 1.47. The van der Waals surface area contributed by atoms with Gasteiger partial charge in [0.25, 0.3) is 0 Å². The van der Waals surface area contributed by atoms with Gasteiger partial charge in [-0.15, -0.1) is 0 Å². The summed E-state index contributed by atoms with van der Waals surface area (Å²) in [5.41, 5.74) is 5.02. The van der Waals surface area contributed by atoms with Gasteiger partial charge < -0.3 is 0 Å². The van der Waals surface area contributed by atoms with Crippen molar-refractivity contribution < 1.29 is 4.79 Å². The van der Waals surface area contributed by atoms with Crippen LogP contribution in [0.2, 0.25) is 0 Å². The van der Waals surface area contributed by atoms with Gasteiger partial charge in [-0.2, -0.15) is 5.10 Å². The number of benzene rings is 2. The Bertz CT molecular complexity index is 774. The highest BCUT2D eigenvalue weighted by molar-refractivity contribution is 6.02. The van der Waals surface area contributed by atoms with Crippen molar-refractivity contribution in [3.63, 3.8) is 0 Å². The summed E-state index contributed by atoms with van der Waals surface area (Å²) in [7, 11) is 0. The molecule has 0 aliphatic heterocycles. The van der Waals surface area contributed by atoms with Crippen LogP contribution in [0.1, 0.15) is 38.2 Å². The van der Waals surface area contributed by atoms with E-state index in [1.165, 1.54) is 30.0 Å². The molecule has 112 valence electrons. The molecule has 0 bridgehead atoms. The predicted octanol–water partition coefficient (Wildman–Crippen LogP) is 3.87. The zero-order valence-electron chi connectivity index (χ0n) is 12.8. The first-order valence-electron chi connectivity index (χ1n) is 8.01. The highest BCUT2D eigenvalue weighted by atomic mass is 16.2. The fraction of sp³-hybridized carbons (Fsp3) is 0.368. The van der Waals surface area contributed by atoms with E-state index in [4.69, 9.17) is 0 Å². The van der Waals surface area contributed by atoms with Crippen molar-refractivity contribution in [2.45, 2.75) is 32.6 Å². The van der Waals surface area contributed by atoms with Gasteiger partial charge in [0.05, 0.1) is 5.71 Å². The number of hydrogen-bond donors (Lipinski definition) is 1. The zero-order valence-corrected chi connectivity index (χ0v) is 12.8. The minimum Gasteiger partial charge on any atom is -0.273 e. The van der Waals surface area contributed by atoms with Crippen molar-refractivity contribution in [2.75, 3.05) is 0 Å². The molecular weight excluding hydrogens is 272 g/mol. The lowest BCUT2D eigenvalue weighted by Gasteiger charge is -2.25. The Hall–Kier alpha value is -2.16. The number of amides is 1. The topological polar surface area (TPSA) is 41.5 Å². The number of fused-ring (bicyclic) bond motifs is 1. The summed E-state index contributed by atoms with van der Waals surface area (Å²) in [6.45, 7) is 1.94. The first kappa shape index (κ1) is 13.5. The normalized spacial score (nSPS) is 22.4. The van der Waals surface area contributed by atoms with Crippen LogP contribution in [0.15, 0.2) is 47.6 Å². The lowest BCUT2D eigenvalue weighted by atomic mass is 9.80. The fourth-order valence-electron chi connectivity index (χ4n) is 3.60. The maximum Gasteiger partial charge on any atom is 0.243 e. The van der Waals surface area contributed by atoms with Crippen LogP contribution in [-0.4, -0.2) is 11.6 Å². The zero-order chi connectivity index (χ0) is 15.2. The van der Waals surface area contributed by atoms with Gasteiger partial charge in [-0.3, -0.25) is 4.79 Å². The van der Waals surface area contributed by atoms with Crippen LogP contribution in [0.5, 0.6) is 0 Å². The second-order valence-electron chi connectivity index (χ2n) is 6.71. The fourth-order valence-corrected chi connectivity index (χ4v) is 3.60. The number of rotatable bonds is 3. The number of carbonyl (C=O) groups is 1. The molecule has 2 aromatic rings. The molecule has 1 amide bonds. The summed E-state index contributed by atoms with van der Waals surface area (Å²) in [4.78, 5) is 12.1. The van der Waals surface area contributed by atoms with Crippen LogP contribution < -0.4 is 5.43 Å². The quantitative estimate of drug-likeness (QED) is 0.677. The number of carbonyl (C=O) groups excluding carboxylic acids is 1. The van der Waals surface area contributed by atoms with E-state index in [2.05, 4.69) is 40.9 Å². The van der Waals surface area contributed by atoms with Crippen molar-refractivity contribution >= 4 is 22.4 Å². The van der Waals surface area contributed by atoms with Gasteiger partial charge in [0.15, 0.2) is 0 Å². The molecule has 4 rings (SSSR count). The molecule has 2 aromatic carbocycles. The molecule has 0 radical (unpaired) electrons. The highest BCUT2D eigenvalue weighted by Gasteiger charge is 2.60. The van der Waals surface area contributed by atoms with E-state index in [9.17, 15) is 4.79 Å². The van der Waals surface area contributed by atoms with E-state index >= 15 is 0 Å². The van der Waals surface area contributed by atoms with Crippen LogP contribution >= 0.6 is 0 Å². The molecule has 2 saturated carbocycles. The van der Waals surface area contributed by atoms with E-state index in [-0.39, 0.29) is 11.8 Å². The lowest BCUT2D eigenvalue weighted by Crippen LogP contribution is -2.26. The molecule has 1 atom stereocenters.